The number of methoxy groups -OCH3 is 1. The first-order valence-electron chi connectivity index (χ1n) is 9.28. The van der Waals surface area contributed by atoms with Crippen LogP contribution in [0.15, 0.2) is 49.2 Å². The summed E-state index contributed by atoms with van der Waals surface area (Å²) in [6.45, 7) is 1.78. The number of ether oxygens (including phenoxy) is 1. The molecule has 0 spiro atoms. The Labute approximate surface area is 169 Å². The molecule has 2 N–H and O–H groups in total. The van der Waals surface area contributed by atoms with Crippen LogP contribution in [-0.4, -0.2) is 58.9 Å². The number of nitrogens with one attached hydrogen (secondary N) is 2. The lowest BCUT2D eigenvalue weighted by Gasteiger charge is -2.18. The van der Waals surface area contributed by atoms with E-state index in [2.05, 4.69) is 54.8 Å². The van der Waals surface area contributed by atoms with E-state index in [0.717, 1.165) is 18.8 Å². The van der Waals surface area contributed by atoms with Gasteiger partial charge >= 0.3 is 0 Å². The Hall–Kier alpha value is -3.48. The summed E-state index contributed by atoms with van der Waals surface area (Å²) in [6.07, 6.45) is 6.73. The largest absolute Gasteiger partial charge is 0.378 e. The van der Waals surface area contributed by atoms with Gasteiger partial charge in [-0.3, -0.25) is 0 Å². The van der Waals surface area contributed by atoms with Crippen LogP contribution >= 0.6 is 0 Å². The Morgan fingerprint density at radius 1 is 1.07 bits per heavy atom. The van der Waals surface area contributed by atoms with Crippen molar-refractivity contribution in [2.24, 2.45) is 0 Å². The van der Waals surface area contributed by atoms with Crippen molar-refractivity contribution in [2.45, 2.75) is 12.1 Å². The third kappa shape index (κ3) is 4.03. The number of likely N-dealkylation sites (N-methyl/N-ethyl adjacent to an activating group) is 1. The van der Waals surface area contributed by atoms with Crippen molar-refractivity contribution in [1.29, 1.82) is 5.26 Å². The monoisotopic (exact) mass is 390 g/mol. The summed E-state index contributed by atoms with van der Waals surface area (Å²) in [6, 6.07) is 10.6. The van der Waals surface area contributed by atoms with E-state index in [0.29, 0.717) is 17.7 Å². The van der Waals surface area contributed by atoms with Gasteiger partial charge < -0.3 is 24.8 Å². The number of benzene rings is 1. The van der Waals surface area contributed by atoms with Crippen LogP contribution in [0.25, 0.3) is 5.69 Å². The molecule has 9 heteroatoms. The summed E-state index contributed by atoms with van der Waals surface area (Å²) in [4.78, 5) is 14.8. The van der Waals surface area contributed by atoms with Crippen LogP contribution in [0.4, 0.5) is 17.3 Å². The molecule has 0 bridgehead atoms. The predicted molar refractivity (Wildman–Crippen MR) is 109 cm³/mol. The van der Waals surface area contributed by atoms with Crippen molar-refractivity contribution in [2.75, 3.05) is 37.5 Å². The maximum absolute atomic E-state index is 8.79. The van der Waals surface area contributed by atoms with Gasteiger partial charge in [0.05, 0.1) is 30.7 Å². The molecule has 3 aromatic rings. The number of hydrogen-bond acceptors (Lipinski definition) is 8. The molecule has 9 nitrogen and oxygen atoms in total. The van der Waals surface area contributed by atoms with Gasteiger partial charge in [-0.25, -0.2) is 15.0 Å². The Kier molecular flexibility index (Phi) is 5.37. The smallest absolute Gasteiger partial charge is 0.158 e. The van der Waals surface area contributed by atoms with Crippen LogP contribution < -0.4 is 15.5 Å². The first-order chi connectivity index (χ1) is 14.2. The van der Waals surface area contributed by atoms with Gasteiger partial charge in [0.15, 0.2) is 5.69 Å². The topological polar surface area (TPSA) is 104 Å². The van der Waals surface area contributed by atoms with Gasteiger partial charge in [-0.1, -0.05) is 0 Å². The fraction of sp³-hybridized carbons (Fsp3) is 0.300. The van der Waals surface area contributed by atoms with E-state index in [9.17, 15) is 0 Å². The minimum Gasteiger partial charge on any atom is -0.378 e. The van der Waals surface area contributed by atoms with Gasteiger partial charge in [0.2, 0.25) is 0 Å². The minimum absolute atomic E-state index is 0.187. The van der Waals surface area contributed by atoms with E-state index in [-0.39, 0.29) is 11.8 Å². The Morgan fingerprint density at radius 3 is 2.48 bits per heavy atom. The molecule has 2 aromatic heterocycles. The predicted octanol–water partition coefficient (Wildman–Crippen LogP) is 1.70. The van der Waals surface area contributed by atoms with Gasteiger partial charge in [-0.15, -0.1) is 0 Å². The van der Waals surface area contributed by atoms with E-state index in [1.165, 1.54) is 18.1 Å². The van der Waals surface area contributed by atoms with Crippen LogP contribution in [0, 0.1) is 11.3 Å². The van der Waals surface area contributed by atoms with E-state index < -0.39 is 0 Å². The Balaban J connectivity index is 1.44. The molecule has 1 aromatic carbocycles. The van der Waals surface area contributed by atoms with E-state index in [1.807, 2.05) is 23.9 Å². The molecule has 0 radical (unpaired) electrons. The normalized spacial score (nSPS) is 18.6. The molecule has 4 rings (SSSR count). The molecule has 0 saturated carbocycles. The highest BCUT2D eigenvalue weighted by Gasteiger charge is 2.31. The molecular formula is C20H22N8O. The number of hydrogen-bond donors (Lipinski definition) is 2. The lowest BCUT2D eigenvalue weighted by molar-refractivity contribution is 0.0996. The molecule has 0 amide bonds. The van der Waals surface area contributed by atoms with Gasteiger partial charge in [0, 0.05) is 31.6 Å². The quantitative estimate of drug-likeness (QED) is 0.655. The number of aromatic nitrogens is 4. The summed E-state index contributed by atoms with van der Waals surface area (Å²) < 4.78 is 7.51. The fourth-order valence-electron chi connectivity index (χ4n) is 3.45. The maximum Gasteiger partial charge on any atom is 0.158 e. The van der Waals surface area contributed by atoms with E-state index >= 15 is 0 Å². The molecule has 2 unspecified atom stereocenters. The summed E-state index contributed by atoms with van der Waals surface area (Å²) >= 11 is 0. The standard InChI is InChI=1S/C20H22N8O/c1-22-17-10-27(11-18(17)29-2)15-3-5-16(6-4-15)28-12-20(25-13-28)26-19-9-23-14(7-21)8-24-19/h3-6,8-9,12-13,17-18,22H,10-11H2,1-2H3,(H,24,26). The molecule has 1 saturated heterocycles. The number of nitriles is 1. The van der Waals surface area contributed by atoms with Crippen LogP contribution in [0.3, 0.4) is 0 Å². The number of rotatable bonds is 6. The van der Waals surface area contributed by atoms with Crippen molar-refractivity contribution in [3.8, 4) is 11.8 Å². The lowest BCUT2D eigenvalue weighted by atomic mass is 10.2. The van der Waals surface area contributed by atoms with Crippen LogP contribution in [0.5, 0.6) is 0 Å². The molecule has 1 aliphatic rings. The summed E-state index contributed by atoms with van der Waals surface area (Å²) in [5.41, 5.74) is 2.45. The molecule has 2 atom stereocenters. The highest BCUT2D eigenvalue weighted by atomic mass is 16.5. The average Bonchev–Trinajstić information content (AvgIpc) is 3.41. The van der Waals surface area contributed by atoms with Crippen LogP contribution in [0.1, 0.15) is 5.69 Å². The molecule has 0 aliphatic carbocycles. The summed E-state index contributed by atoms with van der Waals surface area (Å²) in [5, 5.41) is 15.2. The number of nitrogens with zero attached hydrogens (tertiary/aromatic N) is 6. The molecular weight excluding hydrogens is 368 g/mol. The zero-order chi connectivity index (χ0) is 20.2. The Bertz CT molecular complexity index is 981. The first-order valence-corrected chi connectivity index (χ1v) is 9.28. The zero-order valence-electron chi connectivity index (χ0n) is 16.3. The number of imidazole rings is 1. The van der Waals surface area contributed by atoms with Crippen LogP contribution in [0.2, 0.25) is 0 Å². The van der Waals surface area contributed by atoms with Crippen molar-refractivity contribution >= 4 is 17.3 Å². The van der Waals surface area contributed by atoms with Gasteiger partial charge in [-0.2, -0.15) is 5.26 Å². The fourth-order valence-corrected chi connectivity index (χ4v) is 3.45. The average molecular weight is 390 g/mol. The van der Waals surface area contributed by atoms with Gasteiger partial charge in [0.1, 0.15) is 24.0 Å². The minimum atomic E-state index is 0.187. The SMILES string of the molecule is CNC1CN(c2ccc(-n3cnc(Nc4cnc(C#N)cn4)c3)cc2)CC1OC. The second-order valence-corrected chi connectivity index (χ2v) is 6.78. The second-order valence-electron chi connectivity index (χ2n) is 6.78. The highest BCUT2D eigenvalue weighted by Crippen LogP contribution is 2.24. The number of anilines is 3. The molecule has 148 valence electrons. The molecule has 29 heavy (non-hydrogen) atoms. The maximum atomic E-state index is 8.79. The molecule has 3 heterocycles. The van der Waals surface area contributed by atoms with Crippen LogP contribution in [-0.2, 0) is 4.74 Å². The van der Waals surface area contributed by atoms with Crippen molar-refractivity contribution < 1.29 is 4.74 Å². The summed E-state index contributed by atoms with van der Waals surface area (Å²) in [5.74, 6) is 1.18. The molecule has 1 fully saturated rings. The van der Waals surface area contributed by atoms with Gasteiger partial charge in [-0.05, 0) is 31.3 Å². The van der Waals surface area contributed by atoms with E-state index in [4.69, 9.17) is 10.00 Å². The lowest BCUT2D eigenvalue weighted by Crippen LogP contribution is -2.37. The van der Waals surface area contributed by atoms with Gasteiger partial charge in [0.25, 0.3) is 0 Å². The third-order valence-corrected chi connectivity index (χ3v) is 5.06. The second kappa shape index (κ2) is 8.26. The highest BCUT2D eigenvalue weighted by molar-refractivity contribution is 5.54. The van der Waals surface area contributed by atoms with Crippen molar-refractivity contribution in [3.63, 3.8) is 0 Å². The van der Waals surface area contributed by atoms with Crippen molar-refractivity contribution in [1.82, 2.24) is 24.8 Å². The third-order valence-electron chi connectivity index (χ3n) is 5.06. The molecule has 1 aliphatic heterocycles. The Morgan fingerprint density at radius 2 is 1.86 bits per heavy atom. The zero-order valence-corrected chi connectivity index (χ0v) is 16.3. The first kappa shape index (κ1) is 18.9. The van der Waals surface area contributed by atoms with Crippen molar-refractivity contribution in [3.05, 3.63) is 54.9 Å². The van der Waals surface area contributed by atoms with E-state index in [1.54, 1.807) is 13.4 Å². The summed E-state index contributed by atoms with van der Waals surface area (Å²) in [7, 11) is 3.73.